The first-order valence-electron chi connectivity index (χ1n) is 20.1. The summed E-state index contributed by atoms with van der Waals surface area (Å²) in [5, 5.41) is 4.17. The van der Waals surface area contributed by atoms with Crippen molar-refractivity contribution in [3.63, 3.8) is 0 Å². The number of nitrogens with zero attached hydrogens (tertiary/aromatic N) is 2. The van der Waals surface area contributed by atoms with E-state index in [4.69, 9.17) is 9.47 Å². The van der Waals surface area contributed by atoms with Crippen molar-refractivity contribution in [2.75, 3.05) is 13.2 Å². The normalized spacial score (nSPS) is 29.4. The zero-order valence-electron chi connectivity index (χ0n) is 33.8. The first-order chi connectivity index (χ1) is 27.8. The van der Waals surface area contributed by atoms with E-state index in [2.05, 4.69) is 30.6 Å². The predicted octanol–water partition coefficient (Wildman–Crippen LogP) is 4.81. The van der Waals surface area contributed by atoms with Gasteiger partial charge in [0, 0.05) is 23.1 Å². The lowest BCUT2D eigenvalue weighted by molar-refractivity contribution is -0.197. The number of carbonyl (C=O) groups is 4. The number of allylic oxidation sites excluding steroid dienone is 1. The van der Waals surface area contributed by atoms with Crippen LogP contribution in [0.3, 0.4) is 0 Å². The quantitative estimate of drug-likeness (QED) is 0.179. The summed E-state index contributed by atoms with van der Waals surface area (Å²) in [6.07, 6.45) is -1.09. The number of alkyl halides is 3. The molecular formula is C40H53F3N6O9S. The molecule has 0 spiro atoms. The molecule has 2 aliphatic carbocycles. The van der Waals surface area contributed by atoms with E-state index in [0.29, 0.717) is 56.8 Å². The van der Waals surface area contributed by atoms with E-state index in [-0.39, 0.29) is 31.2 Å². The Labute approximate surface area is 341 Å². The fourth-order valence-electron chi connectivity index (χ4n) is 7.71. The van der Waals surface area contributed by atoms with Crippen LogP contribution in [0.15, 0.2) is 42.6 Å². The topological polar surface area (TPSA) is 194 Å². The third kappa shape index (κ3) is 9.71. The lowest BCUT2D eigenvalue weighted by Crippen LogP contribution is -2.60. The Morgan fingerprint density at radius 3 is 2.51 bits per heavy atom. The van der Waals surface area contributed by atoms with Crippen LogP contribution < -0.4 is 30.4 Å². The molecule has 19 heteroatoms. The molecule has 2 saturated carbocycles. The van der Waals surface area contributed by atoms with Gasteiger partial charge in [-0.05, 0) is 76.7 Å². The highest BCUT2D eigenvalue weighted by molar-refractivity contribution is 7.91. The first kappa shape index (κ1) is 43.9. The first-order valence-corrected chi connectivity index (χ1v) is 21.6. The van der Waals surface area contributed by atoms with Crippen LogP contribution in [0.2, 0.25) is 0 Å². The molecular weight excluding hydrogens is 798 g/mol. The Morgan fingerprint density at radius 2 is 1.83 bits per heavy atom. The summed E-state index contributed by atoms with van der Waals surface area (Å²) in [6, 6.07) is 4.77. The van der Waals surface area contributed by atoms with Crippen LogP contribution in [0.4, 0.5) is 18.0 Å². The fraction of sp³-hybridized carbons (Fsp3) is 0.625. The maximum Gasteiger partial charge on any atom is 0.425 e. The number of hydrogen-bond donors (Lipinski definition) is 4. The second-order valence-electron chi connectivity index (χ2n) is 16.6. The molecule has 1 aromatic carbocycles. The number of benzene rings is 1. The highest BCUT2D eigenvalue weighted by Crippen LogP contribution is 2.47. The number of nitrogens with one attached hydrogen (secondary N) is 4. The zero-order valence-corrected chi connectivity index (χ0v) is 34.6. The van der Waals surface area contributed by atoms with Gasteiger partial charge in [0.15, 0.2) is 6.10 Å². The monoisotopic (exact) mass is 850 g/mol. The van der Waals surface area contributed by atoms with E-state index in [1.54, 1.807) is 32.1 Å². The molecule has 0 radical (unpaired) electrons. The van der Waals surface area contributed by atoms with Gasteiger partial charge in [0.25, 0.3) is 5.91 Å². The molecule has 324 valence electrons. The van der Waals surface area contributed by atoms with E-state index in [1.165, 1.54) is 11.1 Å². The van der Waals surface area contributed by atoms with Gasteiger partial charge in [-0.25, -0.2) is 23.6 Å². The summed E-state index contributed by atoms with van der Waals surface area (Å²) in [7, 11) is -4.07. The molecule has 1 saturated heterocycles. The summed E-state index contributed by atoms with van der Waals surface area (Å²) in [5.41, 5.74) is 3.07. The molecule has 1 aromatic heterocycles. The summed E-state index contributed by atoms with van der Waals surface area (Å²) in [4.78, 5) is 61.5. The average Bonchev–Trinajstić information content (AvgIpc) is 4.05. The number of aromatic nitrogens is 1. The number of rotatable bonds is 11. The molecule has 4 N–H and O–H groups in total. The van der Waals surface area contributed by atoms with Crippen molar-refractivity contribution in [1.29, 1.82) is 0 Å². The van der Waals surface area contributed by atoms with Crippen LogP contribution in [0.1, 0.15) is 86.0 Å². The Hall–Kier alpha value is -4.65. The highest BCUT2D eigenvalue weighted by Gasteiger charge is 2.63. The summed E-state index contributed by atoms with van der Waals surface area (Å²) >= 11 is 0. The van der Waals surface area contributed by atoms with Gasteiger partial charge in [0.1, 0.15) is 29.5 Å². The van der Waals surface area contributed by atoms with Gasteiger partial charge in [-0.1, -0.05) is 51.1 Å². The number of hydrazine groups is 1. The van der Waals surface area contributed by atoms with Gasteiger partial charge < -0.3 is 24.4 Å². The van der Waals surface area contributed by atoms with Gasteiger partial charge in [-0.3, -0.25) is 24.5 Å². The Balaban J connectivity index is 1.33. The molecule has 4 aliphatic rings. The second-order valence-corrected chi connectivity index (χ2v) is 18.8. The molecule has 59 heavy (non-hydrogen) atoms. The number of carbonyl (C=O) groups excluding carboxylic acids is 4. The molecule has 2 aliphatic heterocycles. The largest absolute Gasteiger partial charge is 0.491 e. The smallest absolute Gasteiger partial charge is 0.425 e. The maximum absolute atomic E-state index is 14.7. The summed E-state index contributed by atoms with van der Waals surface area (Å²) < 4.78 is 83.9. The third-order valence-electron chi connectivity index (χ3n) is 11.8. The molecule has 2 aromatic rings. The van der Waals surface area contributed by atoms with E-state index in [0.717, 1.165) is 11.8 Å². The molecule has 0 bridgehead atoms. The third-order valence-corrected chi connectivity index (χ3v) is 13.9. The summed E-state index contributed by atoms with van der Waals surface area (Å²) in [6.45, 7) is 8.21. The van der Waals surface area contributed by atoms with Crippen LogP contribution in [0.5, 0.6) is 11.6 Å². The van der Waals surface area contributed by atoms with E-state index in [1.807, 2.05) is 32.1 Å². The van der Waals surface area contributed by atoms with Crippen molar-refractivity contribution in [3.05, 3.63) is 42.6 Å². The standard InChI is InChI=1S/C40H53F3N6O9S/c1-6-17-56-31-21-44-34(29-14-10-9-13-28(29)31)58-27-19-30-33(50)45-39(36(52)48-59(54,55)38(5)15-16-38)20-26(39)12-8-7-11-23(2)18-24(3)32(35(51)49(30)22-27)46-47-37(53)57-25(4)40(41,42)43/h8-10,12-14,21,23-27,30,32,46H,6-7,11,15-20,22H2,1-5H3,(H,45,50)(H,47,53)(H,48,52)/b12-8-/t23-,24-,25-,26-,27-,30+,32+,39-/m1/s1. The molecule has 3 heterocycles. The molecule has 0 unspecified atom stereocenters. The number of sulfonamides is 1. The average molecular weight is 851 g/mol. The zero-order chi connectivity index (χ0) is 42.9. The Morgan fingerprint density at radius 1 is 1.12 bits per heavy atom. The van der Waals surface area contributed by atoms with Crippen LogP contribution >= 0.6 is 0 Å². The number of hydrogen-bond acceptors (Lipinski definition) is 11. The van der Waals surface area contributed by atoms with Crippen LogP contribution in [0, 0.1) is 17.8 Å². The minimum Gasteiger partial charge on any atom is -0.491 e. The van der Waals surface area contributed by atoms with Gasteiger partial charge in [0.05, 0.1) is 24.1 Å². The molecule has 15 nitrogen and oxygen atoms in total. The number of halogens is 3. The Bertz CT molecular complexity index is 2070. The Kier molecular flexibility index (Phi) is 12.8. The van der Waals surface area contributed by atoms with Gasteiger partial charge in [0.2, 0.25) is 27.7 Å². The number of pyridine rings is 1. The van der Waals surface area contributed by atoms with Gasteiger partial charge in [-0.15, -0.1) is 0 Å². The highest BCUT2D eigenvalue weighted by atomic mass is 32.2. The summed E-state index contributed by atoms with van der Waals surface area (Å²) in [5.74, 6) is -2.58. The van der Waals surface area contributed by atoms with E-state index in [9.17, 15) is 40.8 Å². The van der Waals surface area contributed by atoms with Gasteiger partial charge >= 0.3 is 12.3 Å². The van der Waals surface area contributed by atoms with E-state index >= 15 is 0 Å². The predicted molar refractivity (Wildman–Crippen MR) is 209 cm³/mol. The van der Waals surface area contributed by atoms with Crippen molar-refractivity contribution in [3.8, 4) is 11.6 Å². The van der Waals surface area contributed by atoms with Crippen molar-refractivity contribution in [2.24, 2.45) is 17.8 Å². The molecule has 8 atom stereocenters. The van der Waals surface area contributed by atoms with Crippen molar-refractivity contribution in [1.82, 2.24) is 30.8 Å². The fourth-order valence-corrected chi connectivity index (χ4v) is 9.02. The lowest BCUT2D eigenvalue weighted by Gasteiger charge is -2.33. The second kappa shape index (κ2) is 17.1. The van der Waals surface area contributed by atoms with Gasteiger partial charge in [-0.2, -0.15) is 13.2 Å². The van der Waals surface area contributed by atoms with Crippen LogP contribution in [-0.2, 0) is 29.1 Å². The lowest BCUT2D eigenvalue weighted by atomic mass is 9.88. The van der Waals surface area contributed by atoms with Crippen molar-refractivity contribution < 1.29 is 55.0 Å². The molecule has 4 amide bonds. The van der Waals surface area contributed by atoms with Crippen LogP contribution in [-0.4, -0.2) is 96.0 Å². The van der Waals surface area contributed by atoms with Crippen LogP contribution in [0.25, 0.3) is 10.8 Å². The number of ether oxygens (including phenoxy) is 3. The minimum absolute atomic E-state index is 0.0135. The van der Waals surface area contributed by atoms with E-state index < -0.39 is 86.4 Å². The number of amides is 4. The maximum atomic E-state index is 14.7. The van der Waals surface area contributed by atoms with Crippen molar-refractivity contribution >= 4 is 44.6 Å². The minimum atomic E-state index is -4.82. The van der Waals surface area contributed by atoms with Crippen molar-refractivity contribution in [2.45, 2.75) is 127 Å². The SMILES string of the molecule is CCCOc1cnc(O[C@@H]2C[C@H]3C(=O)N[C@]4(C(=O)NS(=O)(=O)C5(C)CC5)C[C@H]4/C=C\CC[C@@H](C)C[C@@H](C)[C@H](NNC(=O)O[C@H](C)C(F)(F)F)C(=O)N3C2)c2ccccc12. The molecule has 3 fully saturated rings. The number of fused-ring (bicyclic) bond motifs is 3. The molecule has 6 rings (SSSR count).